The van der Waals surface area contributed by atoms with E-state index in [-0.39, 0.29) is 4.90 Å². The van der Waals surface area contributed by atoms with Crippen LogP contribution in [-0.2, 0) is 9.84 Å². The number of benzene rings is 1. The Balaban J connectivity index is 2.83. The first-order valence-corrected chi connectivity index (χ1v) is 5.91. The summed E-state index contributed by atoms with van der Waals surface area (Å²) in [5.74, 6) is -1.67. The maximum absolute atomic E-state index is 12.5. The summed E-state index contributed by atoms with van der Waals surface area (Å²) >= 11 is 0. The average Bonchev–Trinajstić information content (AvgIpc) is 2.15. The van der Waals surface area contributed by atoms with Crippen molar-refractivity contribution in [2.45, 2.75) is 17.5 Å². The predicted molar refractivity (Wildman–Crippen MR) is 49.1 cm³/mol. The molecule has 0 aliphatic rings. The molecule has 0 aliphatic carbocycles. The summed E-state index contributed by atoms with van der Waals surface area (Å²) in [6.45, 7) is 0. The van der Waals surface area contributed by atoms with Gasteiger partial charge in [0.25, 0.3) is 0 Å². The highest BCUT2D eigenvalue weighted by atomic mass is 32.2. The van der Waals surface area contributed by atoms with E-state index in [1.54, 1.807) is 0 Å². The van der Waals surface area contributed by atoms with Crippen molar-refractivity contribution in [3.63, 3.8) is 0 Å². The third kappa shape index (κ3) is 3.80. The summed E-state index contributed by atoms with van der Waals surface area (Å²) < 4.78 is 70.7. The number of sulfone groups is 1. The summed E-state index contributed by atoms with van der Waals surface area (Å²) in [5, 5.41) is 0. The molecule has 0 saturated heterocycles. The highest BCUT2D eigenvalue weighted by Crippen LogP contribution is 2.22. The van der Waals surface area contributed by atoms with Crippen LogP contribution >= 0.6 is 0 Å². The van der Waals surface area contributed by atoms with Crippen LogP contribution < -0.4 is 0 Å². The second-order valence-corrected chi connectivity index (χ2v) is 5.25. The van der Waals surface area contributed by atoms with Crippen LogP contribution in [0.5, 0.6) is 0 Å². The number of hydrogen-bond acceptors (Lipinski definition) is 2. The Kier molecular flexibility index (Phi) is 3.57. The fraction of sp³-hybridized carbons (Fsp3) is 0.333. The van der Waals surface area contributed by atoms with Crippen molar-refractivity contribution in [2.24, 2.45) is 0 Å². The van der Waals surface area contributed by atoms with Gasteiger partial charge in [0.05, 0.1) is 17.1 Å². The highest BCUT2D eigenvalue weighted by molar-refractivity contribution is 7.91. The molecule has 7 heteroatoms. The van der Waals surface area contributed by atoms with Gasteiger partial charge < -0.3 is 0 Å². The van der Waals surface area contributed by atoms with Crippen LogP contribution in [0, 0.1) is 5.82 Å². The van der Waals surface area contributed by atoms with Gasteiger partial charge in [-0.1, -0.05) is 0 Å². The Morgan fingerprint density at radius 2 is 1.56 bits per heavy atom. The summed E-state index contributed by atoms with van der Waals surface area (Å²) in [6, 6.07) is 3.67. The topological polar surface area (TPSA) is 34.1 Å². The number of hydrogen-bond donors (Lipinski definition) is 0. The molecule has 0 N–H and O–H groups in total. The molecule has 0 aliphatic heterocycles. The van der Waals surface area contributed by atoms with Gasteiger partial charge in [-0.2, -0.15) is 13.2 Å². The third-order valence-electron chi connectivity index (χ3n) is 1.83. The minimum Gasteiger partial charge on any atom is -0.224 e. The van der Waals surface area contributed by atoms with Crippen molar-refractivity contribution in [3.8, 4) is 0 Å². The Bertz CT molecular complexity index is 447. The zero-order chi connectivity index (χ0) is 12.4. The van der Waals surface area contributed by atoms with E-state index in [1.807, 2.05) is 0 Å². The molecule has 1 rings (SSSR count). The lowest BCUT2D eigenvalue weighted by molar-refractivity contribution is -0.129. The van der Waals surface area contributed by atoms with E-state index in [2.05, 4.69) is 0 Å². The predicted octanol–water partition coefficient (Wildman–Crippen LogP) is 2.55. The van der Waals surface area contributed by atoms with Crippen LogP contribution in [0.3, 0.4) is 0 Å². The minimum atomic E-state index is -4.52. The lowest BCUT2D eigenvalue weighted by Gasteiger charge is -2.07. The lowest BCUT2D eigenvalue weighted by atomic mass is 10.4. The lowest BCUT2D eigenvalue weighted by Crippen LogP contribution is -2.16. The fourth-order valence-electron chi connectivity index (χ4n) is 1.01. The van der Waals surface area contributed by atoms with E-state index >= 15 is 0 Å². The third-order valence-corrected chi connectivity index (χ3v) is 3.56. The van der Waals surface area contributed by atoms with Crippen molar-refractivity contribution in [3.05, 3.63) is 30.1 Å². The molecule has 0 amide bonds. The van der Waals surface area contributed by atoms with E-state index in [1.165, 1.54) is 0 Å². The van der Waals surface area contributed by atoms with E-state index in [0.29, 0.717) is 0 Å². The van der Waals surface area contributed by atoms with E-state index in [4.69, 9.17) is 0 Å². The van der Waals surface area contributed by atoms with Gasteiger partial charge in [0.15, 0.2) is 9.84 Å². The van der Waals surface area contributed by atoms with Crippen LogP contribution in [0.1, 0.15) is 6.42 Å². The van der Waals surface area contributed by atoms with Crippen LogP contribution in [-0.4, -0.2) is 20.3 Å². The monoisotopic (exact) mass is 256 g/mol. The van der Waals surface area contributed by atoms with Crippen molar-refractivity contribution in [1.82, 2.24) is 0 Å². The summed E-state index contributed by atoms with van der Waals surface area (Å²) in [7, 11) is -4.00. The van der Waals surface area contributed by atoms with Crippen LogP contribution in [0.25, 0.3) is 0 Å². The number of alkyl halides is 3. The zero-order valence-electron chi connectivity index (χ0n) is 7.96. The molecule has 0 bridgehead atoms. The maximum Gasteiger partial charge on any atom is 0.390 e. The Hall–Kier alpha value is -1.11. The second-order valence-electron chi connectivity index (χ2n) is 3.14. The highest BCUT2D eigenvalue weighted by Gasteiger charge is 2.30. The van der Waals surface area contributed by atoms with Gasteiger partial charge in [-0.3, -0.25) is 0 Å². The van der Waals surface area contributed by atoms with Gasteiger partial charge >= 0.3 is 6.18 Å². The SMILES string of the molecule is O=S(=O)(CCC(F)(F)F)c1ccc(F)cc1. The quantitative estimate of drug-likeness (QED) is 0.615. The van der Waals surface area contributed by atoms with Crippen LogP contribution in [0.15, 0.2) is 29.2 Å². The summed E-state index contributed by atoms with van der Waals surface area (Å²) in [5.41, 5.74) is 0. The van der Waals surface area contributed by atoms with E-state index in [9.17, 15) is 26.0 Å². The maximum atomic E-state index is 12.5. The normalized spacial score (nSPS) is 12.8. The molecule has 1 aromatic carbocycles. The summed E-state index contributed by atoms with van der Waals surface area (Å²) in [4.78, 5) is -0.307. The molecular formula is C9H8F4O2S. The van der Waals surface area contributed by atoms with E-state index < -0.39 is 34.0 Å². The molecule has 0 unspecified atom stereocenters. The van der Waals surface area contributed by atoms with Crippen LogP contribution in [0.4, 0.5) is 17.6 Å². The van der Waals surface area contributed by atoms with Gasteiger partial charge in [0.1, 0.15) is 5.82 Å². The smallest absolute Gasteiger partial charge is 0.224 e. The number of rotatable bonds is 3. The minimum absolute atomic E-state index is 0.307. The molecule has 0 radical (unpaired) electrons. The van der Waals surface area contributed by atoms with Gasteiger partial charge in [-0.25, -0.2) is 12.8 Å². The molecule has 16 heavy (non-hydrogen) atoms. The molecule has 0 atom stereocenters. The van der Waals surface area contributed by atoms with Gasteiger partial charge in [-0.15, -0.1) is 0 Å². The molecule has 0 saturated carbocycles. The average molecular weight is 256 g/mol. The molecule has 0 spiro atoms. The molecular weight excluding hydrogens is 248 g/mol. The van der Waals surface area contributed by atoms with Gasteiger partial charge in [0, 0.05) is 0 Å². The fourth-order valence-corrected chi connectivity index (χ4v) is 2.30. The molecule has 0 heterocycles. The first-order valence-electron chi connectivity index (χ1n) is 4.26. The Morgan fingerprint density at radius 1 is 1.06 bits per heavy atom. The largest absolute Gasteiger partial charge is 0.390 e. The van der Waals surface area contributed by atoms with Crippen molar-refractivity contribution >= 4 is 9.84 Å². The van der Waals surface area contributed by atoms with Gasteiger partial charge in [-0.05, 0) is 24.3 Å². The molecule has 0 aromatic heterocycles. The standard InChI is InChI=1S/C9H8F4O2S/c10-7-1-3-8(4-2-7)16(14,15)6-5-9(11,12)13/h1-4H,5-6H2. The van der Waals surface area contributed by atoms with Crippen molar-refractivity contribution in [2.75, 3.05) is 5.75 Å². The zero-order valence-corrected chi connectivity index (χ0v) is 8.78. The van der Waals surface area contributed by atoms with Gasteiger partial charge in [0.2, 0.25) is 0 Å². The first-order chi connectivity index (χ1) is 7.21. The number of halogens is 4. The molecule has 0 fully saturated rings. The summed E-state index contributed by atoms with van der Waals surface area (Å²) in [6.07, 6.45) is -5.93. The van der Waals surface area contributed by atoms with Crippen molar-refractivity contribution < 1.29 is 26.0 Å². The molecule has 1 aromatic rings. The first kappa shape index (κ1) is 13.0. The van der Waals surface area contributed by atoms with Crippen LogP contribution in [0.2, 0.25) is 0 Å². The molecule has 2 nitrogen and oxygen atoms in total. The molecule has 90 valence electrons. The van der Waals surface area contributed by atoms with Crippen molar-refractivity contribution in [1.29, 1.82) is 0 Å². The second kappa shape index (κ2) is 4.40. The van der Waals surface area contributed by atoms with E-state index in [0.717, 1.165) is 24.3 Å². The Morgan fingerprint density at radius 3 is 2.00 bits per heavy atom. The Labute approximate surface area is 89.8 Å².